The van der Waals surface area contributed by atoms with Crippen LogP contribution in [0.5, 0.6) is 0 Å². The fourth-order valence-corrected chi connectivity index (χ4v) is 2.75. The lowest BCUT2D eigenvalue weighted by molar-refractivity contribution is -0.384. The fourth-order valence-electron chi connectivity index (χ4n) is 2.47. The van der Waals surface area contributed by atoms with Gasteiger partial charge in [-0.15, -0.1) is 0 Å². The van der Waals surface area contributed by atoms with Gasteiger partial charge in [-0.25, -0.2) is 0 Å². The van der Waals surface area contributed by atoms with E-state index in [0.29, 0.717) is 0 Å². The Hall–Kier alpha value is -3.13. The summed E-state index contributed by atoms with van der Waals surface area (Å²) in [6.07, 6.45) is 0. The van der Waals surface area contributed by atoms with Crippen LogP contribution in [0, 0.1) is 66.3 Å². The molecule has 1 aromatic carbocycles. The van der Waals surface area contributed by atoms with Crippen molar-refractivity contribution in [1.29, 1.82) is 21.0 Å². The summed E-state index contributed by atoms with van der Waals surface area (Å²) in [5.74, 6) is -1.02. The SMILES string of the molecule is N#CC1(C#N)C(c2ccc([N+](=O)[O-])cc2Cl)C1(C#N)C#N. The van der Waals surface area contributed by atoms with E-state index in [2.05, 4.69) is 0 Å². The largest absolute Gasteiger partial charge is 0.270 e. The zero-order chi connectivity index (χ0) is 15.8. The average Bonchev–Trinajstić information content (AvgIpc) is 3.09. The first-order valence-corrected chi connectivity index (χ1v) is 5.90. The first-order chi connectivity index (χ1) is 9.94. The molecule has 0 saturated heterocycles. The minimum Gasteiger partial charge on any atom is -0.258 e. The number of nitro benzene ring substituents is 1. The van der Waals surface area contributed by atoms with Gasteiger partial charge in [0.05, 0.1) is 40.1 Å². The number of nitriles is 4. The second-order valence-electron chi connectivity index (χ2n) is 4.46. The van der Waals surface area contributed by atoms with Crippen molar-refractivity contribution in [3.8, 4) is 24.3 Å². The van der Waals surface area contributed by atoms with Crippen molar-refractivity contribution in [2.45, 2.75) is 5.92 Å². The van der Waals surface area contributed by atoms with Crippen molar-refractivity contribution in [3.05, 3.63) is 38.9 Å². The van der Waals surface area contributed by atoms with E-state index in [1.807, 2.05) is 0 Å². The maximum absolute atomic E-state index is 10.7. The van der Waals surface area contributed by atoms with E-state index in [1.165, 1.54) is 6.07 Å². The fraction of sp³-hybridized carbons (Fsp3) is 0.231. The quantitative estimate of drug-likeness (QED) is 0.606. The van der Waals surface area contributed by atoms with Crippen LogP contribution in [0.3, 0.4) is 0 Å². The lowest BCUT2D eigenvalue weighted by Gasteiger charge is -2.02. The number of hydrogen-bond acceptors (Lipinski definition) is 6. The molecule has 1 saturated carbocycles. The Balaban J connectivity index is 2.63. The van der Waals surface area contributed by atoms with Crippen molar-refractivity contribution in [3.63, 3.8) is 0 Å². The highest BCUT2D eigenvalue weighted by Crippen LogP contribution is 2.74. The molecule has 0 spiro atoms. The van der Waals surface area contributed by atoms with Gasteiger partial charge < -0.3 is 0 Å². The number of rotatable bonds is 2. The molecule has 0 aromatic heterocycles. The second kappa shape index (κ2) is 4.46. The molecule has 0 radical (unpaired) electrons. The van der Waals surface area contributed by atoms with Gasteiger partial charge in [-0.05, 0) is 5.56 Å². The van der Waals surface area contributed by atoms with Crippen LogP contribution in [-0.4, -0.2) is 4.92 Å². The summed E-state index contributed by atoms with van der Waals surface area (Å²) >= 11 is 5.95. The second-order valence-corrected chi connectivity index (χ2v) is 4.87. The number of benzene rings is 1. The number of halogens is 1. The third-order valence-electron chi connectivity index (χ3n) is 3.62. The van der Waals surface area contributed by atoms with Crippen molar-refractivity contribution in [1.82, 2.24) is 0 Å². The first kappa shape index (κ1) is 14.3. The Kier molecular flexibility index (Phi) is 3.03. The van der Waals surface area contributed by atoms with Gasteiger partial charge in [-0.1, -0.05) is 17.7 Å². The zero-order valence-corrected chi connectivity index (χ0v) is 11.0. The van der Waals surface area contributed by atoms with E-state index in [4.69, 9.17) is 11.6 Å². The van der Waals surface area contributed by atoms with Crippen LogP contribution in [0.25, 0.3) is 0 Å². The highest BCUT2D eigenvalue weighted by Gasteiger charge is 2.82. The molecule has 8 heteroatoms. The predicted octanol–water partition coefficient (Wildman–Crippen LogP) is 2.41. The van der Waals surface area contributed by atoms with Gasteiger partial charge in [0, 0.05) is 12.1 Å². The molecule has 1 aliphatic carbocycles. The predicted molar refractivity (Wildman–Crippen MR) is 68.2 cm³/mol. The molecule has 0 amide bonds. The van der Waals surface area contributed by atoms with E-state index < -0.39 is 21.7 Å². The Labute approximate surface area is 124 Å². The third-order valence-corrected chi connectivity index (χ3v) is 3.94. The van der Waals surface area contributed by atoms with Gasteiger partial charge >= 0.3 is 0 Å². The van der Waals surface area contributed by atoms with Gasteiger partial charge in [-0.3, -0.25) is 10.1 Å². The molecule has 2 rings (SSSR count). The third kappa shape index (κ3) is 1.56. The highest BCUT2D eigenvalue weighted by molar-refractivity contribution is 6.31. The highest BCUT2D eigenvalue weighted by atomic mass is 35.5. The summed E-state index contributed by atoms with van der Waals surface area (Å²) in [5, 5.41) is 47.4. The summed E-state index contributed by atoms with van der Waals surface area (Å²) < 4.78 is 0. The molecule has 100 valence electrons. The summed E-state index contributed by atoms with van der Waals surface area (Å²) in [4.78, 5) is 10.0. The summed E-state index contributed by atoms with van der Waals surface area (Å²) in [5.41, 5.74) is -3.70. The Morgan fingerprint density at radius 3 is 1.90 bits per heavy atom. The van der Waals surface area contributed by atoms with Gasteiger partial charge in [0.15, 0.2) is 10.8 Å². The summed E-state index contributed by atoms with van der Waals surface area (Å²) in [6.45, 7) is 0. The maximum Gasteiger partial charge on any atom is 0.270 e. The van der Waals surface area contributed by atoms with Gasteiger partial charge in [-0.2, -0.15) is 21.0 Å². The minimum absolute atomic E-state index is 0.0588. The number of hydrogen-bond donors (Lipinski definition) is 0. The summed E-state index contributed by atoms with van der Waals surface area (Å²) in [7, 11) is 0. The van der Waals surface area contributed by atoms with Gasteiger partial charge in [0.25, 0.3) is 5.69 Å². The van der Waals surface area contributed by atoms with Crippen molar-refractivity contribution >= 4 is 17.3 Å². The Bertz CT molecular complexity index is 755. The van der Waals surface area contributed by atoms with E-state index in [1.54, 1.807) is 24.3 Å². The molecule has 1 fully saturated rings. The standard InChI is InChI=1S/C13H4ClN5O2/c14-10-3-8(19(20)21)1-2-9(10)11-12(4-15,5-16)13(11,6-17)7-18/h1-3,11H. The molecule has 0 bridgehead atoms. The molecule has 0 unspecified atom stereocenters. The number of non-ortho nitro benzene ring substituents is 1. The van der Waals surface area contributed by atoms with Crippen molar-refractivity contribution < 1.29 is 4.92 Å². The van der Waals surface area contributed by atoms with E-state index in [-0.39, 0.29) is 16.3 Å². The summed E-state index contributed by atoms with van der Waals surface area (Å²) in [6, 6.07) is 10.3. The molecular formula is C13H4ClN5O2. The molecule has 0 N–H and O–H groups in total. The lowest BCUT2D eigenvalue weighted by atomic mass is 9.98. The average molecular weight is 298 g/mol. The Morgan fingerprint density at radius 1 is 1.10 bits per heavy atom. The molecule has 0 heterocycles. The van der Waals surface area contributed by atoms with Crippen molar-refractivity contribution in [2.75, 3.05) is 0 Å². The zero-order valence-electron chi connectivity index (χ0n) is 10.2. The van der Waals surface area contributed by atoms with Crippen LogP contribution in [0.4, 0.5) is 5.69 Å². The van der Waals surface area contributed by atoms with E-state index >= 15 is 0 Å². The molecule has 1 aromatic rings. The monoisotopic (exact) mass is 297 g/mol. The van der Waals surface area contributed by atoms with Crippen LogP contribution in [0.2, 0.25) is 5.02 Å². The van der Waals surface area contributed by atoms with Gasteiger partial charge in [0.1, 0.15) is 0 Å². The number of nitro groups is 1. The van der Waals surface area contributed by atoms with Crippen molar-refractivity contribution in [2.24, 2.45) is 10.8 Å². The van der Waals surface area contributed by atoms with Gasteiger partial charge in [0.2, 0.25) is 0 Å². The normalized spacial score (nSPS) is 17.6. The number of nitrogens with zero attached hydrogens (tertiary/aromatic N) is 5. The molecule has 0 atom stereocenters. The van der Waals surface area contributed by atoms with Crippen LogP contribution in [-0.2, 0) is 0 Å². The molecular weight excluding hydrogens is 294 g/mol. The van der Waals surface area contributed by atoms with Crippen LogP contribution in [0.15, 0.2) is 18.2 Å². The first-order valence-electron chi connectivity index (χ1n) is 5.53. The van der Waals surface area contributed by atoms with E-state index in [9.17, 15) is 31.2 Å². The smallest absolute Gasteiger partial charge is 0.258 e. The van der Waals surface area contributed by atoms with Crippen LogP contribution < -0.4 is 0 Å². The molecule has 21 heavy (non-hydrogen) atoms. The van der Waals surface area contributed by atoms with Crippen LogP contribution in [0.1, 0.15) is 11.5 Å². The lowest BCUT2D eigenvalue weighted by Crippen LogP contribution is -2.05. The maximum atomic E-state index is 10.7. The Morgan fingerprint density at radius 2 is 1.57 bits per heavy atom. The van der Waals surface area contributed by atoms with Crippen LogP contribution >= 0.6 is 11.6 Å². The molecule has 7 nitrogen and oxygen atoms in total. The molecule has 1 aliphatic rings. The minimum atomic E-state index is -1.82. The topological polar surface area (TPSA) is 138 Å². The molecule has 0 aliphatic heterocycles. The van der Waals surface area contributed by atoms with E-state index in [0.717, 1.165) is 12.1 Å².